The number of benzene rings is 1. The summed E-state index contributed by atoms with van der Waals surface area (Å²) >= 11 is 0. The first-order valence-corrected chi connectivity index (χ1v) is 5.28. The fraction of sp³-hybridized carbons (Fsp3) is 0.455. The average molecular weight is 225 g/mol. The summed E-state index contributed by atoms with van der Waals surface area (Å²) in [4.78, 5) is 1.89. The van der Waals surface area contributed by atoms with E-state index in [4.69, 9.17) is 21.7 Å². The van der Waals surface area contributed by atoms with E-state index < -0.39 is 0 Å². The minimum absolute atomic E-state index is 0.0440. The number of nitrogens with zero attached hydrogens (tertiary/aromatic N) is 1. The van der Waals surface area contributed by atoms with Crippen LogP contribution in [0.15, 0.2) is 18.2 Å². The Morgan fingerprint density at radius 3 is 2.25 bits per heavy atom. The molecular formula is C11H19N3O2. The molecule has 0 saturated carbocycles. The number of aliphatic hydroxyl groups excluding tert-OH is 2. The number of nitrogen functional groups attached to an aromatic ring is 1. The Bertz CT molecular complexity index is 325. The van der Waals surface area contributed by atoms with Crippen LogP contribution in [0.4, 0.5) is 11.4 Å². The Labute approximate surface area is 95.3 Å². The first kappa shape index (κ1) is 12.8. The molecule has 0 amide bonds. The molecule has 0 saturated heterocycles. The summed E-state index contributed by atoms with van der Waals surface area (Å²) in [6, 6.07) is 5.54. The van der Waals surface area contributed by atoms with Crippen molar-refractivity contribution in [3.8, 4) is 0 Å². The summed E-state index contributed by atoms with van der Waals surface area (Å²) in [6.07, 6.45) is 0. The van der Waals surface area contributed by atoms with Crippen LogP contribution in [0.5, 0.6) is 0 Å². The predicted octanol–water partition coefficient (Wildman–Crippen LogP) is -0.482. The molecule has 0 aromatic heterocycles. The van der Waals surface area contributed by atoms with Gasteiger partial charge in [0.15, 0.2) is 0 Å². The van der Waals surface area contributed by atoms with E-state index in [2.05, 4.69) is 0 Å². The lowest BCUT2D eigenvalue weighted by Crippen LogP contribution is -2.29. The van der Waals surface area contributed by atoms with Crippen molar-refractivity contribution in [1.82, 2.24) is 0 Å². The zero-order valence-electron chi connectivity index (χ0n) is 9.26. The van der Waals surface area contributed by atoms with Gasteiger partial charge in [-0.05, 0) is 23.8 Å². The van der Waals surface area contributed by atoms with Crippen LogP contribution in [-0.2, 0) is 6.54 Å². The predicted molar refractivity (Wildman–Crippen MR) is 65.1 cm³/mol. The van der Waals surface area contributed by atoms with Crippen molar-refractivity contribution in [1.29, 1.82) is 0 Å². The van der Waals surface area contributed by atoms with E-state index in [1.54, 1.807) is 6.07 Å². The van der Waals surface area contributed by atoms with Gasteiger partial charge >= 0.3 is 0 Å². The second kappa shape index (κ2) is 6.32. The lowest BCUT2D eigenvalue weighted by Gasteiger charge is -2.23. The SMILES string of the molecule is NCc1cc(N(CCO)CCO)ccc1N. The normalized spacial score (nSPS) is 10.4. The maximum absolute atomic E-state index is 8.93. The van der Waals surface area contributed by atoms with Crippen molar-refractivity contribution in [3.63, 3.8) is 0 Å². The van der Waals surface area contributed by atoms with Crippen LogP contribution in [0, 0.1) is 0 Å². The molecule has 5 heteroatoms. The van der Waals surface area contributed by atoms with E-state index in [0.717, 1.165) is 11.3 Å². The molecule has 1 aromatic carbocycles. The summed E-state index contributed by atoms with van der Waals surface area (Å²) < 4.78 is 0. The van der Waals surface area contributed by atoms with Crippen molar-refractivity contribution < 1.29 is 10.2 Å². The lowest BCUT2D eigenvalue weighted by molar-refractivity contribution is 0.281. The van der Waals surface area contributed by atoms with Crippen LogP contribution in [-0.4, -0.2) is 36.5 Å². The van der Waals surface area contributed by atoms with E-state index in [0.29, 0.717) is 25.3 Å². The molecule has 6 N–H and O–H groups in total. The Morgan fingerprint density at radius 2 is 1.75 bits per heavy atom. The number of aliphatic hydroxyl groups is 2. The lowest BCUT2D eigenvalue weighted by atomic mass is 10.1. The van der Waals surface area contributed by atoms with Gasteiger partial charge in [0.25, 0.3) is 0 Å². The topological polar surface area (TPSA) is 95.7 Å². The summed E-state index contributed by atoms with van der Waals surface area (Å²) in [7, 11) is 0. The molecule has 0 heterocycles. The first-order chi connectivity index (χ1) is 7.72. The Hall–Kier alpha value is -1.30. The molecule has 0 aliphatic heterocycles. The van der Waals surface area contributed by atoms with Crippen molar-refractivity contribution in [2.45, 2.75) is 6.54 Å². The fourth-order valence-electron chi connectivity index (χ4n) is 1.58. The summed E-state index contributed by atoms with van der Waals surface area (Å²) in [5.74, 6) is 0. The van der Waals surface area contributed by atoms with Crippen LogP contribution < -0.4 is 16.4 Å². The number of rotatable bonds is 6. The number of hydrogen-bond donors (Lipinski definition) is 4. The van der Waals surface area contributed by atoms with Crippen molar-refractivity contribution in [3.05, 3.63) is 23.8 Å². The summed E-state index contributed by atoms with van der Waals surface area (Å²) in [5, 5.41) is 17.9. The molecule has 0 atom stereocenters. The first-order valence-electron chi connectivity index (χ1n) is 5.28. The Morgan fingerprint density at radius 1 is 1.12 bits per heavy atom. The van der Waals surface area contributed by atoms with Crippen molar-refractivity contribution in [2.24, 2.45) is 5.73 Å². The Balaban J connectivity index is 2.90. The van der Waals surface area contributed by atoms with Crippen molar-refractivity contribution >= 4 is 11.4 Å². The van der Waals surface area contributed by atoms with Gasteiger partial charge in [0.1, 0.15) is 0 Å². The molecule has 90 valence electrons. The highest BCUT2D eigenvalue weighted by Gasteiger charge is 2.07. The van der Waals surface area contributed by atoms with Gasteiger partial charge in [-0.1, -0.05) is 0 Å². The molecule has 0 fully saturated rings. The highest BCUT2D eigenvalue weighted by Crippen LogP contribution is 2.20. The van der Waals surface area contributed by atoms with Gasteiger partial charge in [-0.3, -0.25) is 0 Å². The van der Waals surface area contributed by atoms with Gasteiger partial charge in [0.2, 0.25) is 0 Å². The van der Waals surface area contributed by atoms with Crippen molar-refractivity contribution in [2.75, 3.05) is 36.9 Å². The molecule has 0 bridgehead atoms. The third kappa shape index (κ3) is 3.10. The monoisotopic (exact) mass is 225 g/mol. The van der Waals surface area contributed by atoms with Crippen LogP contribution in [0.2, 0.25) is 0 Å². The number of anilines is 2. The quantitative estimate of drug-likeness (QED) is 0.490. The molecule has 0 radical (unpaired) electrons. The standard InChI is InChI=1S/C11H19N3O2/c12-8-9-7-10(1-2-11(9)13)14(3-5-15)4-6-16/h1-2,7,15-16H,3-6,8,12-13H2. The van der Waals surface area contributed by atoms with E-state index >= 15 is 0 Å². The van der Waals surface area contributed by atoms with Gasteiger partial charge in [-0.25, -0.2) is 0 Å². The molecule has 5 nitrogen and oxygen atoms in total. The average Bonchev–Trinajstić information content (AvgIpc) is 2.29. The number of nitrogens with two attached hydrogens (primary N) is 2. The number of hydrogen-bond acceptors (Lipinski definition) is 5. The third-order valence-electron chi connectivity index (χ3n) is 2.45. The van der Waals surface area contributed by atoms with Gasteiger partial charge < -0.3 is 26.6 Å². The zero-order chi connectivity index (χ0) is 12.0. The molecule has 0 spiro atoms. The maximum atomic E-state index is 8.93. The minimum atomic E-state index is 0.0440. The van der Waals surface area contributed by atoms with Gasteiger partial charge in [0, 0.05) is 31.0 Å². The van der Waals surface area contributed by atoms with Gasteiger partial charge in [-0.2, -0.15) is 0 Å². The van der Waals surface area contributed by atoms with E-state index in [9.17, 15) is 0 Å². The van der Waals surface area contributed by atoms with E-state index in [-0.39, 0.29) is 13.2 Å². The Kier molecular flexibility index (Phi) is 5.04. The fourth-order valence-corrected chi connectivity index (χ4v) is 1.58. The molecule has 0 aliphatic carbocycles. The molecule has 0 unspecified atom stereocenters. The highest BCUT2D eigenvalue weighted by atomic mass is 16.3. The molecule has 1 rings (SSSR count). The van der Waals surface area contributed by atoms with Gasteiger partial charge in [0.05, 0.1) is 13.2 Å². The van der Waals surface area contributed by atoms with Crippen LogP contribution in [0.3, 0.4) is 0 Å². The summed E-state index contributed by atoms with van der Waals surface area (Å²) in [5.41, 5.74) is 13.8. The minimum Gasteiger partial charge on any atom is -0.398 e. The zero-order valence-corrected chi connectivity index (χ0v) is 9.26. The second-order valence-corrected chi connectivity index (χ2v) is 3.52. The van der Waals surface area contributed by atoms with E-state index in [1.807, 2.05) is 17.0 Å². The van der Waals surface area contributed by atoms with Gasteiger partial charge in [-0.15, -0.1) is 0 Å². The van der Waals surface area contributed by atoms with Crippen LogP contribution >= 0.6 is 0 Å². The van der Waals surface area contributed by atoms with Crippen LogP contribution in [0.1, 0.15) is 5.56 Å². The molecular weight excluding hydrogens is 206 g/mol. The van der Waals surface area contributed by atoms with Crippen LogP contribution in [0.25, 0.3) is 0 Å². The molecule has 1 aromatic rings. The smallest absolute Gasteiger partial charge is 0.0606 e. The summed E-state index contributed by atoms with van der Waals surface area (Å²) in [6.45, 7) is 1.43. The second-order valence-electron chi connectivity index (χ2n) is 3.52. The molecule has 16 heavy (non-hydrogen) atoms. The highest BCUT2D eigenvalue weighted by molar-refractivity contribution is 5.58. The molecule has 0 aliphatic rings. The largest absolute Gasteiger partial charge is 0.398 e. The maximum Gasteiger partial charge on any atom is 0.0606 e. The van der Waals surface area contributed by atoms with E-state index in [1.165, 1.54) is 0 Å². The third-order valence-corrected chi connectivity index (χ3v) is 2.45.